The summed E-state index contributed by atoms with van der Waals surface area (Å²) in [5.41, 5.74) is 2.52. The number of nitro benzene ring substituents is 1. The Morgan fingerprint density at radius 1 is 1.57 bits per heavy atom. The molecule has 2 rings (SSSR count). The van der Waals surface area contributed by atoms with Gasteiger partial charge in [0.2, 0.25) is 0 Å². The molecule has 21 heavy (non-hydrogen) atoms. The highest BCUT2D eigenvalue weighted by atomic mass is 16.6. The summed E-state index contributed by atoms with van der Waals surface area (Å²) in [7, 11) is 0. The van der Waals surface area contributed by atoms with Crippen LogP contribution < -0.4 is 16.0 Å². The summed E-state index contributed by atoms with van der Waals surface area (Å²) < 4.78 is 11.0. The number of hydrogen-bond donors (Lipinski definition) is 2. The fourth-order valence-electron chi connectivity index (χ4n) is 2.28. The van der Waals surface area contributed by atoms with Gasteiger partial charge in [0.1, 0.15) is 12.7 Å². The van der Waals surface area contributed by atoms with Crippen molar-refractivity contribution < 1.29 is 19.2 Å². The number of carbonyl (C=O) groups excluding carboxylic acids is 1. The van der Waals surface area contributed by atoms with Crippen molar-refractivity contribution in [2.75, 3.05) is 6.61 Å². The molecule has 1 aromatic carbocycles. The summed E-state index contributed by atoms with van der Waals surface area (Å²) in [6.07, 6.45) is 0.313. The Labute approximate surface area is 121 Å². The van der Waals surface area contributed by atoms with Crippen LogP contribution in [0.15, 0.2) is 18.2 Å². The van der Waals surface area contributed by atoms with Crippen molar-refractivity contribution in [3.05, 3.63) is 33.9 Å². The fourth-order valence-corrected chi connectivity index (χ4v) is 2.28. The first-order valence-corrected chi connectivity index (χ1v) is 6.55. The molecule has 1 aliphatic rings. The molecule has 2 atom stereocenters. The van der Waals surface area contributed by atoms with Gasteiger partial charge in [-0.15, -0.1) is 0 Å². The number of hydrogen-bond acceptors (Lipinski definition) is 6. The number of benzene rings is 1. The van der Waals surface area contributed by atoms with E-state index in [1.54, 1.807) is 25.1 Å². The molecule has 0 radical (unpaired) electrons. The fraction of sp³-hybridized carbons (Fsp3) is 0.462. The Hall–Kier alpha value is -2.19. The average Bonchev–Trinajstić information content (AvgIpc) is 2.92. The maximum Gasteiger partial charge on any atom is 0.313 e. The Balaban J connectivity index is 1.97. The summed E-state index contributed by atoms with van der Waals surface area (Å²) in [5, 5.41) is 11.0. The Morgan fingerprint density at radius 2 is 2.33 bits per heavy atom. The maximum atomic E-state index is 11.3. The first kappa shape index (κ1) is 15.2. The molecule has 0 aliphatic carbocycles. The van der Waals surface area contributed by atoms with E-state index in [1.807, 2.05) is 5.43 Å². The number of rotatable bonds is 5. The predicted molar refractivity (Wildman–Crippen MR) is 73.6 cm³/mol. The van der Waals surface area contributed by atoms with Crippen molar-refractivity contribution in [2.24, 2.45) is 5.84 Å². The zero-order valence-electron chi connectivity index (χ0n) is 11.6. The zero-order valence-corrected chi connectivity index (χ0v) is 11.6. The summed E-state index contributed by atoms with van der Waals surface area (Å²) in [6, 6.07) is 4.89. The molecule has 1 heterocycles. The SMILES string of the molecule is Cc1cccc(OCC2CCC(C(=O)NN)O2)c1[N+](=O)[O-]. The number of amides is 1. The van der Waals surface area contributed by atoms with Crippen molar-refractivity contribution in [3.63, 3.8) is 0 Å². The lowest BCUT2D eigenvalue weighted by molar-refractivity contribution is -0.386. The van der Waals surface area contributed by atoms with Crippen LogP contribution in [0.1, 0.15) is 18.4 Å². The van der Waals surface area contributed by atoms with Gasteiger partial charge >= 0.3 is 5.69 Å². The molecule has 1 fully saturated rings. The normalized spacial score (nSPS) is 21.0. The van der Waals surface area contributed by atoms with Gasteiger partial charge in [0.25, 0.3) is 5.91 Å². The van der Waals surface area contributed by atoms with E-state index in [0.29, 0.717) is 18.4 Å². The van der Waals surface area contributed by atoms with Gasteiger partial charge in [-0.2, -0.15) is 0 Å². The summed E-state index contributed by atoms with van der Waals surface area (Å²) >= 11 is 0. The highest BCUT2D eigenvalue weighted by molar-refractivity contribution is 5.80. The average molecular weight is 295 g/mol. The van der Waals surface area contributed by atoms with Crippen LogP contribution in [0.25, 0.3) is 0 Å². The van der Waals surface area contributed by atoms with Crippen LogP contribution in [0.5, 0.6) is 5.75 Å². The molecule has 0 saturated carbocycles. The van der Waals surface area contributed by atoms with Crippen LogP contribution in [0.4, 0.5) is 5.69 Å². The molecule has 1 aromatic rings. The molecule has 1 amide bonds. The topological polar surface area (TPSA) is 117 Å². The minimum atomic E-state index is -0.587. The minimum absolute atomic E-state index is 0.0493. The number of hydrazine groups is 1. The molecular weight excluding hydrogens is 278 g/mol. The highest BCUT2D eigenvalue weighted by Gasteiger charge is 2.31. The van der Waals surface area contributed by atoms with E-state index in [2.05, 4.69) is 0 Å². The molecule has 1 aliphatic heterocycles. The van der Waals surface area contributed by atoms with Crippen molar-refractivity contribution >= 4 is 11.6 Å². The number of para-hydroxylation sites is 1. The Morgan fingerprint density at radius 3 is 3.00 bits per heavy atom. The number of nitrogens with two attached hydrogens (primary N) is 1. The molecule has 8 nitrogen and oxygen atoms in total. The number of carbonyl (C=O) groups is 1. The van der Waals surface area contributed by atoms with Gasteiger partial charge < -0.3 is 9.47 Å². The summed E-state index contributed by atoms with van der Waals surface area (Å²) in [4.78, 5) is 21.9. The zero-order chi connectivity index (χ0) is 15.4. The van der Waals surface area contributed by atoms with E-state index in [1.165, 1.54) is 0 Å². The highest BCUT2D eigenvalue weighted by Crippen LogP contribution is 2.31. The van der Waals surface area contributed by atoms with Gasteiger partial charge in [-0.1, -0.05) is 12.1 Å². The van der Waals surface area contributed by atoms with Gasteiger partial charge in [-0.05, 0) is 25.8 Å². The third-order valence-corrected chi connectivity index (χ3v) is 3.35. The second-order valence-electron chi connectivity index (χ2n) is 4.82. The number of nitro groups is 1. The molecule has 1 saturated heterocycles. The molecule has 2 unspecified atom stereocenters. The van der Waals surface area contributed by atoms with Crippen LogP contribution >= 0.6 is 0 Å². The molecule has 0 spiro atoms. The van der Waals surface area contributed by atoms with E-state index < -0.39 is 11.0 Å². The first-order chi connectivity index (χ1) is 10.0. The van der Waals surface area contributed by atoms with Crippen LogP contribution in [0.2, 0.25) is 0 Å². The predicted octanol–water partition coefficient (Wildman–Crippen LogP) is 0.820. The smallest absolute Gasteiger partial charge is 0.313 e. The Kier molecular flexibility index (Phi) is 4.71. The quantitative estimate of drug-likeness (QED) is 0.359. The van der Waals surface area contributed by atoms with Crippen molar-refractivity contribution in [1.82, 2.24) is 5.43 Å². The lowest BCUT2D eigenvalue weighted by Gasteiger charge is -2.14. The number of ether oxygens (including phenoxy) is 2. The van der Waals surface area contributed by atoms with Gasteiger partial charge in [0, 0.05) is 5.56 Å². The molecule has 3 N–H and O–H groups in total. The molecule has 0 aromatic heterocycles. The van der Waals surface area contributed by atoms with E-state index in [0.717, 1.165) is 0 Å². The van der Waals surface area contributed by atoms with Crippen LogP contribution in [0, 0.1) is 17.0 Å². The summed E-state index contributed by atoms with van der Waals surface area (Å²) in [6.45, 7) is 1.80. The van der Waals surface area contributed by atoms with Gasteiger partial charge in [0.05, 0.1) is 11.0 Å². The molecule has 0 bridgehead atoms. The van der Waals surface area contributed by atoms with E-state index >= 15 is 0 Å². The van der Waals surface area contributed by atoms with Gasteiger partial charge in [0.15, 0.2) is 5.75 Å². The standard InChI is InChI=1S/C13H17N3O5/c1-8-3-2-4-10(12(8)16(18)19)20-7-9-5-6-11(21-9)13(17)15-14/h2-4,9,11H,5-7,14H2,1H3,(H,15,17). The summed E-state index contributed by atoms with van der Waals surface area (Å²) in [5.74, 6) is 4.87. The van der Waals surface area contributed by atoms with Gasteiger partial charge in [-0.25, -0.2) is 5.84 Å². The number of nitrogens with one attached hydrogen (secondary N) is 1. The lowest BCUT2D eigenvalue weighted by atomic mass is 10.2. The molecular formula is C13H17N3O5. The van der Waals surface area contributed by atoms with Gasteiger partial charge in [-0.3, -0.25) is 20.3 Å². The van der Waals surface area contributed by atoms with E-state index in [4.69, 9.17) is 15.3 Å². The van der Waals surface area contributed by atoms with E-state index in [-0.39, 0.29) is 30.1 Å². The number of aryl methyl sites for hydroxylation is 1. The van der Waals surface area contributed by atoms with Crippen molar-refractivity contribution in [1.29, 1.82) is 0 Å². The van der Waals surface area contributed by atoms with Crippen LogP contribution in [0.3, 0.4) is 0 Å². The largest absolute Gasteiger partial charge is 0.484 e. The monoisotopic (exact) mass is 295 g/mol. The maximum absolute atomic E-state index is 11.3. The number of nitrogens with zero attached hydrogens (tertiary/aromatic N) is 1. The van der Waals surface area contributed by atoms with Crippen molar-refractivity contribution in [2.45, 2.75) is 32.0 Å². The third kappa shape index (κ3) is 3.47. The third-order valence-electron chi connectivity index (χ3n) is 3.35. The Bertz CT molecular complexity index is 549. The minimum Gasteiger partial charge on any atom is -0.484 e. The first-order valence-electron chi connectivity index (χ1n) is 6.55. The van der Waals surface area contributed by atoms with E-state index in [9.17, 15) is 14.9 Å². The lowest BCUT2D eigenvalue weighted by Crippen LogP contribution is -2.39. The second kappa shape index (κ2) is 6.51. The van der Waals surface area contributed by atoms with Crippen LogP contribution in [-0.2, 0) is 9.53 Å². The van der Waals surface area contributed by atoms with Crippen LogP contribution in [-0.4, -0.2) is 29.6 Å². The molecule has 8 heteroatoms. The van der Waals surface area contributed by atoms with Crippen molar-refractivity contribution in [3.8, 4) is 5.75 Å². The molecule has 114 valence electrons. The second-order valence-corrected chi connectivity index (χ2v) is 4.82.